The molecule has 2 rings (SSSR count). The molecule has 6 heteroatoms. The van der Waals surface area contributed by atoms with E-state index in [9.17, 15) is 9.59 Å². The van der Waals surface area contributed by atoms with Crippen molar-refractivity contribution in [3.63, 3.8) is 0 Å². The number of nitrogens with one attached hydrogen (secondary N) is 3. The SMILES string of the molecule is CCOC(=O)Nc1ccc(N[C@@H](C)C(=O)Nc2ccccc2C)cc1. The first-order valence-corrected chi connectivity index (χ1v) is 8.16. The lowest BCUT2D eigenvalue weighted by Crippen LogP contribution is -2.32. The third-order valence-corrected chi connectivity index (χ3v) is 3.59. The Morgan fingerprint density at radius 1 is 1.00 bits per heavy atom. The molecule has 0 aliphatic heterocycles. The minimum atomic E-state index is -0.491. The van der Waals surface area contributed by atoms with E-state index in [-0.39, 0.29) is 5.91 Å². The molecular weight excluding hydrogens is 318 g/mol. The van der Waals surface area contributed by atoms with Gasteiger partial charge in [-0.25, -0.2) is 4.79 Å². The maximum absolute atomic E-state index is 12.3. The number of carbonyl (C=O) groups is 2. The van der Waals surface area contributed by atoms with Gasteiger partial charge in [0.25, 0.3) is 0 Å². The Bertz CT molecular complexity index is 729. The first kappa shape index (κ1) is 18.3. The minimum Gasteiger partial charge on any atom is -0.450 e. The number of anilines is 3. The maximum atomic E-state index is 12.3. The van der Waals surface area contributed by atoms with E-state index >= 15 is 0 Å². The Morgan fingerprint density at radius 2 is 1.64 bits per heavy atom. The van der Waals surface area contributed by atoms with Crippen LogP contribution in [0.25, 0.3) is 0 Å². The van der Waals surface area contributed by atoms with Crippen molar-refractivity contribution >= 4 is 29.1 Å². The van der Waals surface area contributed by atoms with Gasteiger partial charge in [0, 0.05) is 17.1 Å². The van der Waals surface area contributed by atoms with Gasteiger partial charge in [0.2, 0.25) is 5.91 Å². The van der Waals surface area contributed by atoms with Gasteiger partial charge in [-0.3, -0.25) is 10.1 Å². The zero-order valence-corrected chi connectivity index (χ0v) is 14.6. The van der Waals surface area contributed by atoms with Crippen LogP contribution in [0.1, 0.15) is 19.4 Å². The van der Waals surface area contributed by atoms with Crippen molar-refractivity contribution in [2.24, 2.45) is 0 Å². The number of hydrogen-bond donors (Lipinski definition) is 3. The van der Waals surface area contributed by atoms with Gasteiger partial charge in [-0.05, 0) is 56.7 Å². The average molecular weight is 341 g/mol. The fourth-order valence-electron chi connectivity index (χ4n) is 2.20. The third-order valence-electron chi connectivity index (χ3n) is 3.59. The Balaban J connectivity index is 1.91. The van der Waals surface area contributed by atoms with E-state index < -0.39 is 12.1 Å². The molecule has 0 radical (unpaired) electrons. The second-order valence-corrected chi connectivity index (χ2v) is 5.59. The summed E-state index contributed by atoms with van der Waals surface area (Å²) in [6, 6.07) is 14.3. The number of hydrogen-bond acceptors (Lipinski definition) is 4. The van der Waals surface area contributed by atoms with Gasteiger partial charge >= 0.3 is 6.09 Å². The van der Waals surface area contributed by atoms with Gasteiger partial charge in [0.1, 0.15) is 6.04 Å². The van der Waals surface area contributed by atoms with Crippen LogP contribution in [-0.4, -0.2) is 24.6 Å². The molecule has 0 heterocycles. The number of benzene rings is 2. The van der Waals surface area contributed by atoms with Crippen LogP contribution in [0.2, 0.25) is 0 Å². The van der Waals surface area contributed by atoms with Crippen LogP contribution >= 0.6 is 0 Å². The van der Waals surface area contributed by atoms with Crippen molar-refractivity contribution in [2.45, 2.75) is 26.8 Å². The van der Waals surface area contributed by atoms with Gasteiger partial charge in [0.05, 0.1) is 6.61 Å². The largest absolute Gasteiger partial charge is 0.450 e. The van der Waals surface area contributed by atoms with Crippen molar-refractivity contribution in [1.82, 2.24) is 0 Å². The standard InChI is InChI=1S/C19H23N3O3/c1-4-25-19(24)21-16-11-9-15(10-12-16)20-14(3)18(23)22-17-8-6-5-7-13(17)2/h5-12,14,20H,4H2,1-3H3,(H,21,24)(H,22,23)/t14-/m0/s1. The number of rotatable bonds is 6. The second-order valence-electron chi connectivity index (χ2n) is 5.59. The van der Waals surface area contributed by atoms with Gasteiger partial charge in [0.15, 0.2) is 0 Å². The summed E-state index contributed by atoms with van der Waals surface area (Å²) in [5.41, 5.74) is 3.22. The molecule has 1 atom stereocenters. The summed E-state index contributed by atoms with van der Waals surface area (Å²) >= 11 is 0. The molecule has 0 bridgehead atoms. The monoisotopic (exact) mass is 341 g/mol. The number of carbonyl (C=O) groups excluding carboxylic acids is 2. The van der Waals surface area contributed by atoms with Crippen LogP contribution < -0.4 is 16.0 Å². The molecule has 0 aliphatic carbocycles. The fourth-order valence-corrected chi connectivity index (χ4v) is 2.20. The highest BCUT2D eigenvalue weighted by molar-refractivity contribution is 5.96. The van der Waals surface area contributed by atoms with Crippen LogP contribution in [0.15, 0.2) is 48.5 Å². The topological polar surface area (TPSA) is 79.5 Å². The lowest BCUT2D eigenvalue weighted by molar-refractivity contribution is -0.116. The molecule has 0 unspecified atom stereocenters. The minimum absolute atomic E-state index is 0.122. The van der Waals surface area contributed by atoms with Crippen molar-refractivity contribution < 1.29 is 14.3 Å². The zero-order chi connectivity index (χ0) is 18.2. The van der Waals surface area contributed by atoms with E-state index in [2.05, 4.69) is 16.0 Å². The van der Waals surface area contributed by atoms with E-state index in [0.29, 0.717) is 12.3 Å². The lowest BCUT2D eigenvalue weighted by atomic mass is 10.2. The van der Waals surface area contributed by atoms with E-state index in [1.54, 1.807) is 38.1 Å². The lowest BCUT2D eigenvalue weighted by Gasteiger charge is -2.16. The van der Waals surface area contributed by atoms with Gasteiger partial charge in [-0.2, -0.15) is 0 Å². The number of ether oxygens (including phenoxy) is 1. The molecule has 0 aromatic heterocycles. The summed E-state index contributed by atoms with van der Waals surface area (Å²) < 4.78 is 4.82. The molecule has 6 nitrogen and oxygen atoms in total. The molecule has 0 saturated carbocycles. The average Bonchev–Trinajstić information content (AvgIpc) is 2.59. The van der Waals surface area contributed by atoms with Crippen LogP contribution in [0.5, 0.6) is 0 Å². The number of para-hydroxylation sites is 1. The molecule has 3 N–H and O–H groups in total. The first-order chi connectivity index (χ1) is 12.0. The predicted octanol–water partition coefficient (Wildman–Crippen LogP) is 4.00. The summed E-state index contributed by atoms with van der Waals surface area (Å²) in [5, 5.41) is 8.65. The summed E-state index contributed by atoms with van der Waals surface area (Å²) in [5.74, 6) is -0.122. The smallest absolute Gasteiger partial charge is 0.411 e. The van der Waals surface area contributed by atoms with Gasteiger partial charge in [-0.15, -0.1) is 0 Å². The molecule has 0 aliphatic rings. The third kappa shape index (κ3) is 5.53. The first-order valence-electron chi connectivity index (χ1n) is 8.16. The highest BCUT2D eigenvalue weighted by Crippen LogP contribution is 2.16. The Labute approximate surface area is 147 Å². The Morgan fingerprint density at radius 3 is 2.28 bits per heavy atom. The highest BCUT2D eigenvalue weighted by Gasteiger charge is 2.13. The summed E-state index contributed by atoms with van der Waals surface area (Å²) in [4.78, 5) is 23.7. The van der Waals surface area contributed by atoms with Crippen molar-refractivity contribution in [1.29, 1.82) is 0 Å². The molecule has 0 spiro atoms. The zero-order valence-electron chi connectivity index (χ0n) is 14.6. The number of amides is 2. The van der Waals surface area contributed by atoms with Crippen molar-refractivity contribution in [3.8, 4) is 0 Å². The molecule has 2 aromatic carbocycles. The molecular formula is C19H23N3O3. The van der Waals surface area contributed by atoms with E-state index in [1.165, 1.54) is 0 Å². The predicted molar refractivity (Wildman–Crippen MR) is 100.0 cm³/mol. The molecule has 2 amide bonds. The van der Waals surface area contributed by atoms with Crippen molar-refractivity contribution in [3.05, 3.63) is 54.1 Å². The van der Waals surface area contributed by atoms with Crippen LogP contribution in [0, 0.1) is 6.92 Å². The number of aryl methyl sites for hydroxylation is 1. The molecule has 2 aromatic rings. The molecule has 132 valence electrons. The quantitative estimate of drug-likeness (QED) is 0.742. The second kappa shape index (κ2) is 8.73. The normalized spacial score (nSPS) is 11.3. The van der Waals surface area contributed by atoms with E-state index in [1.807, 2.05) is 31.2 Å². The van der Waals surface area contributed by atoms with E-state index in [0.717, 1.165) is 16.9 Å². The molecule has 25 heavy (non-hydrogen) atoms. The van der Waals surface area contributed by atoms with Crippen LogP contribution in [0.4, 0.5) is 21.9 Å². The maximum Gasteiger partial charge on any atom is 0.411 e. The molecule has 0 saturated heterocycles. The highest BCUT2D eigenvalue weighted by atomic mass is 16.5. The van der Waals surface area contributed by atoms with Crippen molar-refractivity contribution in [2.75, 3.05) is 22.6 Å². The van der Waals surface area contributed by atoms with Gasteiger partial charge < -0.3 is 15.4 Å². The van der Waals surface area contributed by atoms with Crippen LogP contribution in [0.3, 0.4) is 0 Å². The summed E-state index contributed by atoms with van der Waals surface area (Å²) in [7, 11) is 0. The summed E-state index contributed by atoms with van der Waals surface area (Å²) in [6.07, 6.45) is -0.491. The van der Waals surface area contributed by atoms with Crippen LogP contribution in [-0.2, 0) is 9.53 Å². The van der Waals surface area contributed by atoms with Gasteiger partial charge in [-0.1, -0.05) is 18.2 Å². The van der Waals surface area contributed by atoms with E-state index in [4.69, 9.17) is 4.74 Å². The Hall–Kier alpha value is -3.02. The summed E-state index contributed by atoms with van der Waals surface area (Å²) in [6.45, 7) is 5.80. The molecule has 0 fully saturated rings. The fraction of sp³-hybridized carbons (Fsp3) is 0.263. The Kier molecular flexibility index (Phi) is 6.39.